The van der Waals surface area contributed by atoms with E-state index in [9.17, 15) is 21.6 Å². The maximum Gasteiger partial charge on any atom is 0.253 e. The van der Waals surface area contributed by atoms with Gasteiger partial charge in [0.15, 0.2) is 9.84 Å². The second-order valence-electron chi connectivity index (χ2n) is 5.79. The van der Waals surface area contributed by atoms with Crippen molar-refractivity contribution in [2.75, 3.05) is 13.1 Å². The van der Waals surface area contributed by atoms with E-state index in [2.05, 4.69) is 0 Å². The molecule has 1 amide bonds. The van der Waals surface area contributed by atoms with Crippen LogP contribution in [-0.2, 0) is 25.6 Å². The molecule has 0 unspecified atom stereocenters. The zero-order valence-corrected chi connectivity index (χ0v) is 14.7. The standard InChI is InChI=1S/C15H16N2O6S2/c16-25(21,22)13-5-3-11(4-6-13)15(18)17-8-14(9-17)24(19,20)10-12-2-1-7-23-12/h1-7,14H,8-10H2,(H2,16,21,22). The summed E-state index contributed by atoms with van der Waals surface area (Å²) in [5, 5.41) is 4.37. The molecule has 1 aromatic heterocycles. The Labute approximate surface area is 145 Å². The highest BCUT2D eigenvalue weighted by Crippen LogP contribution is 2.23. The van der Waals surface area contributed by atoms with Crippen molar-refractivity contribution in [3.63, 3.8) is 0 Å². The van der Waals surface area contributed by atoms with Crippen molar-refractivity contribution < 1.29 is 26.0 Å². The second kappa shape index (κ2) is 6.28. The summed E-state index contributed by atoms with van der Waals surface area (Å²) in [7, 11) is -7.23. The fourth-order valence-electron chi connectivity index (χ4n) is 2.51. The maximum atomic E-state index is 12.3. The number of carbonyl (C=O) groups excluding carboxylic acids is 1. The number of sulfone groups is 1. The molecule has 25 heavy (non-hydrogen) atoms. The number of furan rings is 1. The summed E-state index contributed by atoms with van der Waals surface area (Å²) in [6.07, 6.45) is 1.41. The van der Waals surface area contributed by atoms with Crippen LogP contribution in [0.1, 0.15) is 16.1 Å². The Morgan fingerprint density at radius 2 is 1.76 bits per heavy atom. The lowest BCUT2D eigenvalue weighted by molar-refractivity contribution is 0.0658. The van der Waals surface area contributed by atoms with Crippen molar-refractivity contribution in [1.29, 1.82) is 0 Å². The first-order valence-electron chi connectivity index (χ1n) is 7.33. The quantitative estimate of drug-likeness (QED) is 0.793. The Morgan fingerprint density at radius 1 is 1.12 bits per heavy atom. The molecule has 10 heteroatoms. The molecular formula is C15H16N2O6S2. The molecule has 1 fully saturated rings. The Morgan fingerprint density at radius 3 is 2.28 bits per heavy atom. The molecule has 8 nitrogen and oxygen atoms in total. The van der Waals surface area contributed by atoms with Crippen LogP contribution >= 0.6 is 0 Å². The molecule has 0 saturated carbocycles. The summed E-state index contributed by atoms with van der Waals surface area (Å²) >= 11 is 0. The molecule has 0 aliphatic carbocycles. The maximum absolute atomic E-state index is 12.3. The minimum absolute atomic E-state index is 0.0911. The Kier molecular flexibility index (Phi) is 4.43. The van der Waals surface area contributed by atoms with E-state index in [1.807, 2.05) is 0 Å². The molecule has 1 saturated heterocycles. The number of likely N-dealkylation sites (tertiary alicyclic amines) is 1. The molecule has 1 aliphatic heterocycles. The fraction of sp³-hybridized carbons (Fsp3) is 0.267. The average Bonchev–Trinajstić information content (AvgIpc) is 2.96. The summed E-state index contributed by atoms with van der Waals surface area (Å²) in [5.41, 5.74) is 0.272. The van der Waals surface area contributed by atoms with E-state index in [-0.39, 0.29) is 35.2 Å². The summed E-state index contributed by atoms with van der Waals surface area (Å²) in [4.78, 5) is 13.6. The number of nitrogens with zero attached hydrogens (tertiary/aromatic N) is 1. The zero-order valence-electron chi connectivity index (χ0n) is 13.0. The lowest BCUT2D eigenvalue weighted by Gasteiger charge is -2.38. The van der Waals surface area contributed by atoms with Gasteiger partial charge >= 0.3 is 0 Å². The molecule has 134 valence electrons. The molecule has 0 spiro atoms. The molecule has 0 atom stereocenters. The van der Waals surface area contributed by atoms with Gasteiger partial charge in [0.25, 0.3) is 5.91 Å². The van der Waals surface area contributed by atoms with Crippen molar-refractivity contribution in [3.05, 3.63) is 54.0 Å². The molecule has 1 aromatic carbocycles. The number of hydrogen-bond donors (Lipinski definition) is 1. The molecule has 1 aliphatic rings. The monoisotopic (exact) mass is 384 g/mol. The molecule has 3 rings (SSSR count). The number of nitrogens with two attached hydrogens (primary N) is 1. The third-order valence-corrected chi connectivity index (χ3v) is 6.93. The van der Waals surface area contributed by atoms with Crippen LogP contribution < -0.4 is 5.14 Å². The van der Waals surface area contributed by atoms with Gasteiger partial charge in [-0.05, 0) is 36.4 Å². The van der Waals surface area contributed by atoms with Gasteiger partial charge in [-0.25, -0.2) is 22.0 Å². The van der Waals surface area contributed by atoms with Gasteiger partial charge in [-0.2, -0.15) is 0 Å². The van der Waals surface area contributed by atoms with Gasteiger partial charge in [0.1, 0.15) is 11.5 Å². The summed E-state index contributed by atoms with van der Waals surface area (Å²) in [6.45, 7) is 0.192. The number of rotatable bonds is 5. The van der Waals surface area contributed by atoms with Gasteiger partial charge in [-0.3, -0.25) is 4.79 Å². The van der Waals surface area contributed by atoms with Crippen LogP contribution in [0.15, 0.2) is 52.0 Å². The minimum Gasteiger partial charge on any atom is -0.468 e. The summed E-state index contributed by atoms with van der Waals surface area (Å²) < 4.78 is 52.0. The second-order valence-corrected chi connectivity index (χ2v) is 9.63. The normalized spacial score (nSPS) is 15.8. The van der Waals surface area contributed by atoms with E-state index < -0.39 is 25.1 Å². The zero-order chi connectivity index (χ0) is 18.2. The third kappa shape index (κ3) is 3.75. The average molecular weight is 384 g/mol. The number of primary sulfonamides is 1. The highest BCUT2D eigenvalue weighted by Gasteiger charge is 2.40. The Balaban J connectivity index is 1.63. The first-order valence-corrected chi connectivity index (χ1v) is 10.6. The van der Waals surface area contributed by atoms with Crippen LogP contribution in [0, 0.1) is 0 Å². The lowest BCUT2D eigenvalue weighted by atomic mass is 10.1. The van der Waals surface area contributed by atoms with Crippen LogP contribution in [0.2, 0.25) is 0 Å². The van der Waals surface area contributed by atoms with E-state index >= 15 is 0 Å². The van der Waals surface area contributed by atoms with Crippen LogP contribution in [-0.4, -0.2) is 46.0 Å². The molecule has 0 bridgehead atoms. The third-order valence-electron chi connectivity index (χ3n) is 4.00. The highest BCUT2D eigenvalue weighted by atomic mass is 32.2. The summed E-state index contributed by atoms with van der Waals surface area (Å²) in [5.74, 6) is -0.191. The van der Waals surface area contributed by atoms with Gasteiger partial charge < -0.3 is 9.32 Å². The molecular weight excluding hydrogens is 368 g/mol. The van der Waals surface area contributed by atoms with Gasteiger partial charge in [0.05, 0.1) is 16.4 Å². The van der Waals surface area contributed by atoms with Gasteiger partial charge in [-0.15, -0.1) is 0 Å². The van der Waals surface area contributed by atoms with Crippen molar-refractivity contribution in [2.45, 2.75) is 15.9 Å². The van der Waals surface area contributed by atoms with E-state index in [4.69, 9.17) is 9.56 Å². The Bertz CT molecular complexity index is 973. The van der Waals surface area contributed by atoms with Crippen LogP contribution in [0.25, 0.3) is 0 Å². The number of benzene rings is 1. The van der Waals surface area contributed by atoms with Crippen molar-refractivity contribution >= 4 is 25.8 Å². The largest absolute Gasteiger partial charge is 0.468 e. The number of sulfonamides is 1. The topological polar surface area (TPSA) is 128 Å². The number of amides is 1. The van der Waals surface area contributed by atoms with Gasteiger partial charge in [0, 0.05) is 18.7 Å². The molecule has 2 N–H and O–H groups in total. The van der Waals surface area contributed by atoms with Crippen LogP contribution in [0.4, 0.5) is 0 Å². The molecule has 2 heterocycles. The number of carbonyl (C=O) groups is 1. The predicted octanol–water partition coefficient (Wildman–Crippen LogP) is 0.366. The van der Waals surface area contributed by atoms with E-state index in [0.29, 0.717) is 5.76 Å². The number of hydrogen-bond acceptors (Lipinski definition) is 6. The first kappa shape index (κ1) is 17.6. The lowest BCUT2D eigenvalue weighted by Crippen LogP contribution is -2.57. The van der Waals surface area contributed by atoms with Crippen molar-refractivity contribution in [3.8, 4) is 0 Å². The molecule has 2 aromatic rings. The predicted molar refractivity (Wildman–Crippen MR) is 88.8 cm³/mol. The molecule has 0 radical (unpaired) electrons. The van der Waals surface area contributed by atoms with Crippen molar-refractivity contribution in [2.24, 2.45) is 5.14 Å². The first-order chi connectivity index (χ1) is 11.7. The SMILES string of the molecule is NS(=O)(=O)c1ccc(C(=O)N2CC(S(=O)(=O)Cc3ccco3)C2)cc1. The van der Waals surface area contributed by atoms with E-state index in [1.165, 1.54) is 35.4 Å². The minimum atomic E-state index is -3.82. The highest BCUT2D eigenvalue weighted by molar-refractivity contribution is 7.91. The van der Waals surface area contributed by atoms with Gasteiger partial charge in [-0.1, -0.05) is 0 Å². The summed E-state index contributed by atoms with van der Waals surface area (Å²) in [6, 6.07) is 8.40. The van der Waals surface area contributed by atoms with Gasteiger partial charge in [0.2, 0.25) is 10.0 Å². The van der Waals surface area contributed by atoms with E-state index in [1.54, 1.807) is 12.1 Å². The van der Waals surface area contributed by atoms with Crippen molar-refractivity contribution in [1.82, 2.24) is 4.90 Å². The van der Waals surface area contributed by atoms with Crippen LogP contribution in [0.3, 0.4) is 0 Å². The van der Waals surface area contributed by atoms with E-state index in [0.717, 1.165) is 0 Å². The Hall–Kier alpha value is -2.17. The van der Waals surface area contributed by atoms with Crippen LogP contribution in [0.5, 0.6) is 0 Å². The smallest absolute Gasteiger partial charge is 0.253 e. The fourth-order valence-corrected chi connectivity index (χ4v) is 4.64.